The molecule has 4 atom stereocenters. The third-order valence-electron chi connectivity index (χ3n) is 6.00. The van der Waals surface area contributed by atoms with Gasteiger partial charge in [0.25, 0.3) is 6.29 Å². The molecule has 5 rings (SSSR count). The normalized spacial score (nSPS) is 28.5. The highest BCUT2D eigenvalue weighted by Crippen LogP contribution is 2.55. The van der Waals surface area contributed by atoms with Crippen molar-refractivity contribution in [3.05, 3.63) is 54.6 Å². The Morgan fingerprint density at radius 1 is 1.00 bits per heavy atom. The average molecular weight is 421 g/mol. The monoisotopic (exact) mass is 421 g/mol. The molecular weight excluding hydrogens is 402 g/mol. The van der Waals surface area contributed by atoms with E-state index in [0.29, 0.717) is 5.69 Å². The number of rotatable bonds is 4. The smallest absolute Gasteiger partial charge is 0.305 e. The van der Waals surface area contributed by atoms with Crippen molar-refractivity contribution in [2.24, 2.45) is 11.8 Å². The Bertz CT molecular complexity index is 1150. The van der Waals surface area contributed by atoms with Crippen LogP contribution in [0.3, 0.4) is 0 Å². The van der Waals surface area contributed by atoms with Crippen molar-refractivity contribution < 1.29 is 33.4 Å². The fourth-order valence-corrected chi connectivity index (χ4v) is 4.86. The molecule has 0 saturated carbocycles. The van der Waals surface area contributed by atoms with Crippen LogP contribution < -0.4 is 4.90 Å². The van der Waals surface area contributed by atoms with Gasteiger partial charge >= 0.3 is 11.9 Å². The molecule has 8 nitrogen and oxygen atoms in total. The van der Waals surface area contributed by atoms with Gasteiger partial charge in [-0.05, 0) is 17.5 Å². The molecule has 2 fully saturated rings. The molecule has 2 saturated heterocycles. The van der Waals surface area contributed by atoms with Crippen molar-refractivity contribution in [3.8, 4) is 0 Å². The van der Waals surface area contributed by atoms with Crippen LogP contribution in [0.5, 0.6) is 0 Å². The summed E-state index contributed by atoms with van der Waals surface area (Å²) >= 11 is 0. The van der Waals surface area contributed by atoms with E-state index in [1.54, 1.807) is 24.3 Å². The van der Waals surface area contributed by atoms with Crippen molar-refractivity contribution in [1.29, 1.82) is 0 Å². The standard InChI is InChI=1S/C23H19NO7/c1-12(25)29-22(30-13(2)26)23-11-10-17(31-23)18-19(23)21(28)24(20(18)27)16-9-5-7-14-6-3-4-8-15(14)16/h3-11,17-19,22H,1-2H3/t17-,18+,19-,23-/m1/s1. The lowest BCUT2D eigenvalue weighted by Crippen LogP contribution is -2.52. The molecule has 2 bridgehead atoms. The lowest BCUT2D eigenvalue weighted by molar-refractivity contribution is -0.226. The SMILES string of the molecule is CC(=O)OC(OC(C)=O)[C@]12C=C[C@@H](O1)[C@@H]1C(=O)N(c3cccc4ccccc34)C(=O)[C@@H]12. The summed E-state index contributed by atoms with van der Waals surface area (Å²) in [5.74, 6) is -4.07. The zero-order chi connectivity index (χ0) is 21.9. The van der Waals surface area contributed by atoms with Crippen molar-refractivity contribution in [1.82, 2.24) is 0 Å². The summed E-state index contributed by atoms with van der Waals surface area (Å²) in [6.07, 6.45) is 1.05. The van der Waals surface area contributed by atoms with Gasteiger partial charge in [0.2, 0.25) is 11.8 Å². The number of carbonyl (C=O) groups is 4. The van der Waals surface area contributed by atoms with Gasteiger partial charge in [0.05, 0.1) is 23.6 Å². The highest BCUT2D eigenvalue weighted by atomic mass is 16.7. The number of esters is 2. The molecule has 0 spiro atoms. The minimum Gasteiger partial charge on any atom is -0.422 e. The van der Waals surface area contributed by atoms with Gasteiger partial charge in [-0.3, -0.25) is 19.2 Å². The maximum atomic E-state index is 13.6. The maximum absolute atomic E-state index is 13.6. The third kappa shape index (κ3) is 2.71. The van der Waals surface area contributed by atoms with Gasteiger partial charge in [0.15, 0.2) is 5.60 Å². The molecular formula is C23H19NO7. The minimum atomic E-state index is -1.56. The van der Waals surface area contributed by atoms with Gasteiger partial charge < -0.3 is 14.2 Å². The van der Waals surface area contributed by atoms with E-state index in [1.807, 2.05) is 30.3 Å². The van der Waals surface area contributed by atoms with Gasteiger partial charge in [0, 0.05) is 19.2 Å². The summed E-state index contributed by atoms with van der Waals surface area (Å²) in [5, 5.41) is 1.65. The van der Waals surface area contributed by atoms with E-state index in [0.717, 1.165) is 10.8 Å². The summed E-state index contributed by atoms with van der Waals surface area (Å²) < 4.78 is 16.4. The summed E-state index contributed by atoms with van der Waals surface area (Å²) in [5.41, 5.74) is -1.08. The van der Waals surface area contributed by atoms with Gasteiger partial charge in [-0.25, -0.2) is 4.90 Å². The van der Waals surface area contributed by atoms with Crippen LogP contribution in [0.25, 0.3) is 10.8 Å². The second-order valence-electron chi connectivity index (χ2n) is 7.86. The van der Waals surface area contributed by atoms with Crippen LogP contribution in [0.2, 0.25) is 0 Å². The Hall–Kier alpha value is -3.52. The number of amides is 2. The number of imide groups is 1. The van der Waals surface area contributed by atoms with E-state index in [-0.39, 0.29) is 0 Å². The first-order chi connectivity index (χ1) is 14.8. The van der Waals surface area contributed by atoms with Crippen LogP contribution in [-0.4, -0.2) is 41.7 Å². The van der Waals surface area contributed by atoms with E-state index >= 15 is 0 Å². The molecule has 2 aromatic rings. The molecule has 2 amide bonds. The molecule has 2 aromatic carbocycles. The Balaban J connectivity index is 1.60. The second kappa shape index (κ2) is 6.75. The molecule has 3 heterocycles. The maximum Gasteiger partial charge on any atom is 0.305 e. The van der Waals surface area contributed by atoms with Crippen LogP contribution in [0.15, 0.2) is 54.6 Å². The first kappa shape index (κ1) is 19.4. The van der Waals surface area contributed by atoms with Crippen LogP contribution in [-0.2, 0) is 33.4 Å². The topological polar surface area (TPSA) is 99.2 Å². The van der Waals surface area contributed by atoms with E-state index in [1.165, 1.54) is 18.7 Å². The van der Waals surface area contributed by atoms with Crippen LogP contribution >= 0.6 is 0 Å². The highest BCUT2D eigenvalue weighted by Gasteiger charge is 2.72. The fraction of sp³-hybridized carbons (Fsp3) is 0.304. The molecule has 0 N–H and O–H groups in total. The number of hydrogen-bond donors (Lipinski definition) is 0. The van der Waals surface area contributed by atoms with E-state index in [4.69, 9.17) is 14.2 Å². The molecule has 0 unspecified atom stereocenters. The molecule has 3 aliphatic rings. The number of ether oxygens (including phenoxy) is 3. The number of carbonyl (C=O) groups excluding carboxylic acids is 4. The Labute approximate surface area is 177 Å². The molecule has 0 aliphatic carbocycles. The lowest BCUT2D eigenvalue weighted by atomic mass is 9.76. The van der Waals surface area contributed by atoms with Crippen LogP contribution in [0, 0.1) is 11.8 Å². The van der Waals surface area contributed by atoms with Crippen molar-refractivity contribution in [3.63, 3.8) is 0 Å². The largest absolute Gasteiger partial charge is 0.422 e. The van der Waals surface area contributed by atoms with Gasteiger partial charge in [-0.1, -0.05) is 42.5 Å². The lowest BCUT2D eigenvalue weighted by Gasteiger charge is -2.34. The van der Waals surface area contributed by atoms with Crippen molar-refractivity contribution in [2.75, 3.05) is 4.90 Å². The van der Waals surface area contributed by atoms with Crippen molar-refractivity contribution >= 4 is 40.2 Å². The number of benzene rings is 2. The molecule has 3 aliphatic heterocycles. The Morgan fingerprint density at radius 2 is 1.68 bits per heavy atom. The van der Waals surface area contributed by atoms with E-state index < -0.39 is 53.6 Å². The van der Waals surface area contributed by atoms with Crippen LogP contribution in [0.1, 0.15) is 13.8 Å². The highest BCUT2D eigenvalue weighted by molar-refractivity contribution is 6.26. The Kier molecular flexibility index (Phi) is 4.23. The first-order valence-electron chi connectivity index (χ1n) is 9.90. The van der Waals surface area contributed by atoms with Crippen LogP contribution in [0.4, 0.5) is 5.69 Å². The summed E-state index contributed by atoms with van der Waals surface area (Å²) in [6.45, 7) is 2.33. The summed E-state index contributed by atoms with van der Waals surface area (Å²) in [6, 6.07) is 12.9. The van der Waals surface area contributed by atoms with Crippen molar-refractivity contribution in [2.45, 2.75) is 31.8 Å². The minimum absolute atomic E-state index is 0.396. The predicted octanol–water partition coefficient (Wildman–Crippen LogP) is 2.11. The first-order valence-corrected chi connectivity index (χ1v) is 9.90. The van der Waals surface area contributed by atoms with Gasteiger partial charge in [0.1, 0.15) is 0 Å². The summed E-state index contributed by atoms with van der Waals surface area (Å²) in [4.78, 5) is 51.6. The number of anilines is 1. The quantitative estimate of drug-likeness (QED) is 0.323. The number of hydrogen-bond acceptors (Lipinski definition) is 7. The second-order valence-corrected chi connectivity index (χ2v) is 7.86. The number of fused-ring (bicyclic) bond motifs is 6. The fourth-order valence-electron chi connectivity index (χ4n) is 4.86. The average Bonchev–Trinajstić information content (AvgIpc) is 3.38. The van der Waals surface area contributed by atoms with E-state index in [9.17, 15) is 19.2 Å². The molecule has 31 heavy (non-hydrogen) atoms. The molecule has 158 valence electrons. The van der Waals surface area contributed by atoms with Gasteiger partial charge in [-0.15, -0.1) is 0 Å². The third-order valence-corrected chi connectivity index (χ3v) is 6.00. The summed E-state index contributed by atoms with van der Waals surface area (Å²) in [7, 11) is 0. The molecule has 0 aromatic heterocycles. The molecule has 8 heteroatoms. The Morgan fingerprint density at radius 3 is 2.39 bits per heavy atom. The zero-order valence-corrected chi connectivity index (χ0v) is 16.8. The molecule has 0 radical (unpaired) electrons. The number of nitrogens with zero attached hydrogens (tertiary/aromatic N) is 1. The predicted molar refractivity (Wildman–Crippen MR) is 107 cm³/mol. The van der Waals surface area contributed by atoms with E-state index in [2.05, 4.69) is 0 Å². The van der Waals surface area contributed by atoms with Gasteiger partial charge in [-0.2, -0.15) is 0 Å². The zero-order valence-electron chi connectivity index (χ0n) is 16.8.